The lowest BCUT2D eigenvalue weighted by Gasteiger charge is -2.11. The molecule has 8 heteroatoms. The van der Waals surface area contributed by atoms with E-state index in [1.54, 1.807) is 13.1 Å². The van der Waals surface area contributed by atoms with Crippen LogP contribution in [0, 0.1) is 6.92 Å². The van der Waals surface area contributed by atoms with Gasteiger partial charge >= 0.3 is 0 Å². The van der Waals surface area contributed by atoms with Crippen molar-refractivity contribution < 1.29 is 9.32 Å². The van der Waals surface area contributed by atoms with Crippen LogP contribution in [-0.2, 0) is 11.3 Å². The van der Waals surface area contributed by atoms with E-state index in [0.717, 1.165) is 40.8 Å². The largest absolute Gasteiger partial charge is 0.349 e. The number of hydrogen-bond acceptors (Lipinski definition) is 6. The Bertz CT molecular complexity index is 1200. The van der Waals surface area contributed by atoms with Crippen molar-refractivity contribution in [1.29, 1.82) is 0 Å². The lowest BCUT2D eigenvalue weighted by molar-refractivity contribution is -0.123. The minimum atomic E-state index is -0.679. The number of carbonyl (C=O) groups excluding carboxylic acids is 1. The maximum atomic E-state index is 12.0. The van der Waals surface area contributed by atoms with Crippen molar-refractivity contribution in [2.45, 2.75) is 31.8 Å². The zero-order valence-corrected chi connectivity index (χ0v) is 15.9. The molecular formula is C21H20N6O2. The first-order valence-corrected chi connectivity index (χ1v) is 9.47. The van der Waals surface area contributed by atoms with Gasteiger partial charge in [0.2, 0.25) is 17.6 Å². The van der Waals surface area contributed by atoms with Crippen molar-refractivity contribution >= 4 is 16.8 Å². The van der Waals surface area contributed by atoms with Crippen LogP contribution in [0.4, 0.5) is 0 Å². The molecule has 1 aromatic carbocycles. The average Bonchev–Trinajstić information content (AvgIpc) is 3.17. The molecule has 1 fully saturated rings. The Morgan fingerprint density at radius 1 is 1.28 bits per heavy atom. The minimum Gasteiger partial charge on any atom is -0.349 e. The Kier molecular flexibility index (Phi) is 3.95. The van der Waals surface area contributed by atoms with E-state index in [0.29, 0.717) is 18.3 Å². The highest BCUT2D eigenvalue weighted by molar-refractivity contribution is 5.89. The SMILES string of the molecule is Cc1nc(-c2cc3ccccc3n2-c2ccc(CNC(=O)C3(N)CC3)nc2)no1. The number of carbonyl (C=O) groups is 1. The van der Waals surface area contributed by atoms with E-state index < -0.39 is 5.54 Å². The second-order valence-corrected chi connectivity index (χ2v) is 7.41. The van der Waals surface area contributed by atoms with Gasteiger partial charge in [0.05, 0.1) is 40.9 Å². The number of nitrogens with one attached hydrogen (secondary N) is 1. The monoisotopic (exact) mass is 388 g/mol. The number of aryl methyl sites for hydroxylation is 1. The number of fused-ring (bicyclic) bond motifs is 1. The third kappa shape index (κ3) is 3.17. The fourth-order valence-electron chi connectivity index (χ4n) is 3.36. The molecule has 8 nitrogen and oxygen atoms in total. The van der Waals surface area contributed by atoms with Crippen molar-refractivity contribution in [3.05, 3.63) is 60.2 Å². The molecule has 4 aromatic rings. The van der Waals surface area contributed by atoms with E-state index >= 15 is 0 Å². The predicted molar refractivity (Wildman–Crippen MR) is 107 cm³/mol. The second-order valence-electron chi connectivity index (χ2n) is 7.41. The van der Waals surface area contributed by atoms with Crippen LogP contribution in [-0.4, -0.2) is 31.1 Å². The zero-order chi connectivity index (χ0) is 20.0. The van der Waals surface area contributed by atoms with E-state index in [1.807, 2.05) is 47.0 Å². The van der Waals surface area contributed by atoms with Crippen molar-refractivity contribution in [2.24, 2.45) is 5.73 Å². The van der Waals surface area contributed by atoms with Gasteiger partial charge in [0.15, 0.2) is 0 Å². The molecule has 0 saturated heterocycles. The molecule has 146 valence electrons. The molecule has 0 atom stereocenters. The average molecular weight is 388 g/mol. The van der Waals surface area contributed by atoms with Crippen LogP contribution in [0.2, 0.25) is 0 Å². The fraction of sp³-hybridized carbons (Fsp3) is 0.238. The first-order valence-electron chi connectivity index (χ1n) is 9.47. The van der Waals surface area contributed by atoms with Gasteiger partial charge in [-0.25, -0.2) is 0 Å². The summed E-state index contributed by atoms with van der Waals surface area (Å²) in [5.74, 6) is 0.914. The van der Waals surface area contributed by atoms with Gasteiger partial charge < -0.3 is 20.1 Å². The number of aromatic nitrogens is 4. The normalized spacial score (nSPS) is 14.8. The highest BCUT2D eigenvalue weighted by Gasteiger charge is 2.45. The van der Waals surface area contributed by atoms with Gasteiger partial charge in [0.25, 0.3) is 0 Å². The van der Waals surface area contributed by atoms with Gasteiger partial charge in [-0.1, -0.05) is 23.4 Å². The molecule has 1 aliphatic carbocycles. The number of nitrogens with two attached hydrogens (primary N) is 1. The number of amides is 1. The number of rotatable bonds is 5. The van der Waals surface area contributed by atoms with Crippen molar-refractivity contribution in [3.63, 3.8) is 0 Å². The Balaban J connectivity index is 1.48. The molecule has 1 amide bonds. The summed E-state index contributed by atoms with van der Waals surface area (Å²) in [6.45, 7) is 2.11. The van der Waals surface area contributed by atoms with Crippen molar-refractivity contribution in [3.8, 4) is 17.2 Å². The van der Waals surface area contributed by atoms with Gasteiger partial charge in [0.1, 0.15) is 0 Å². The summed E-state index contributed by atoms with van der Waals surface area (Å²) in [6.07, 6.45) is 3.26. The summed E-state index contributed by atoms with van der Waals surface area (Å²) in [5.41, 5.74) is 8.71. The first kappa shape index (κ1) is 17.6. The van der Waals surface area contributed by atoms with Crippen LogP contribution in [0.25, 0.3) is 28.1 Å². The molecule has 0 radical (unpaired) electrons. The fourth-order valence-corrected chi connectivity index (χ4v) is 3.36. The van der Waals surface area contributed by atoms with E-state index in [9.17, 15) is 4.79 Å². The third-order valence-electron chi connectivity index (χ3n) is 5.21. The Hall–Kier alpha value is -3.52. The molecule has 1 saturated carbocycles. The van der Waals surface area contributed by atoms with Crippen LogP contribution in [0.3, 0.4) is 0 Å². The minimum absolute atomic E-state index is 0.116. The Morgan fingerprint density at radius 3 is 2.79 bits per heavy atom. The second kappa shape index (κ2) is 6.52. The van der Waals surface area contributed by atoms with Crippen LogP contribution in [0.15, 0.2) is 53.2 Å². The van der Waals surface area contributed by atoms with Crippen LogP contribution >= 0.6 is 0 Å². The molecule has 3 heterocycles. The zero-order valence-electron chi connectivity index (χ0n) is 15.9. The number of hydrogen-bond donors (Lipinski definition) is 2. The topological polar surface area (TPSA) is 112 Å². The summed E-state index contributed by atoms with van der Waals surface area (Å²) < 4.78 is 7.22. The molecule has 0 unspecified atom stereocenters. The summed E-state index contributed by atoms with van der Waals surface area (Å²) in [6, 6.07) is 14.0. The van der Waals surface area contributed by atoms with E-state index in [4.69, 9.17) is 10.3 Å². The summed E-state index contributed by atoms with van der Waals surface area (Å²) in [4.78, 5) is 20.9. The standard InChI is InChI=1S/C21H20N6O2/c1-13-25-19(26-29-13)18-10-14-4-2-3-5-17(14)27(18)16-7-6-15(23-12-16)11-24-20(28)21(22)8-9-21/h2-7,10,12H,8-9,11,22H2,1H3,(H,24,28). The highest BCUT2D eigenvalue weighted by Crippen LogP contribution is 2.32. The smallest absolute Gasteiger partial charge is 0.240 e. The lowest BCUT2D eigenvalue weighted by atomic mass is 10.2. The third-order valence-corrected chi connectivity index (χ3v) is 5.21. The lowest BCUT2D eigenvalue weighted by Crippen LogP contribution is -2.42. The molecule has 0 spiro atoms. The maximum absolute atomic E-state index is 12.0. The van der Waals surface area contributed by atoms with E-state index in [-0.39, 0.29) is 5.91 Å². The van der Waals surface area contributed by atoms with Gasteiger partial charge in [-0.15, -0.1) is 0 Å². The van der Waals surface area contributed by atoms with E-state index in [1.165, 1.54) is 0 Å². The molecular weight excluding hydrogens is 368 g/mol. The quantitative estimate of drug-likeness (QED) is 0.543. The molecule has 1 aliphatic rings. The van der Waals surface area contributed by atoms with E-state index in [2.05, 4.69) is 20.4 Å². The van der Waals surface area contributed by atoms with Crippen LogP contribution in [0.5, 0.6) is 0 Å². The summed E-state index contributed by atoms with van der Waals surface area (Å²) >= 11 is 0. The van der Waals surface area contributed by atoms with Gasteiger partial charge in [-0.05, 0) is 37.1 Å². The Labute approximate surface area is 166 Å². The van der Waals surface area contributed by atoms with Crippen LogP contribution < -0.4 is 11.1 Å². The molecule has 29 heavy (non-hydrogen) atoms. The summed E-state index contributed by atoms with van der Waals surface area (Å²) in [5, 5.41) is 8.00. The van der Waals surface area contributed by atoms with Crippen molar-refractivity contribution in [1.82, 2.24) is 25.0 Å². The first-order chi connectivity index (χ1) is 14.0. The summed E-state index contributed by atoms with van der Waals surface area (Å²) in [7, 11) is 0. The number of nitrogens with zero attached hydrogens (tertiary/aromatic N) is 4. The molecule has 5 rings (SSSR count). The maximum Gasteiger partial charge on any atom is 0.240 e. The van der Waals surface area contributed by atoms with Crippen LogP contribution in [0.1, 0.15) is 24.4 Å². The predicted octanol–water partition coefficient (Wildman–Crippen LogP) is 2.49. The number of para-hydroxylation sites is 1. The van der Waals surface area contributed by atoms with Gasteiger partial charge in [-0.3, -0.25) is 9.78 Å². The Morgan fingerprint density at radius 2 is 2.10 bits per heavy atom. The highest BCUT2D eigenvalue weighted by atomic mass is 16.5. The number of benzene rings is 1. The van der Waals surface area contributed by atoms with Gasteiger partial charge in [-0.2, -0.15) is 4.98 Å². The molecule has 0 bridgehead atoms. The molecule has 3 N–H and O–H groups in total. The van der Waals surface area contributed by atoms with Gasteiger partial charge in [0, 0.05) is 12.3 Å². The molecule has 0 aliphatic heterocycles. The number of pyridine rings is 1. The molecule has 3 aromatic heterocycles. The van der Waals surface area contributed by atoms with Crippen molar-refractivity contribution in [2.75, 3.05) is 0 Å².